The van der Waals surface area contributed by atoms with Crippen LogP contribution in [0.1, 0.15) is 61.0 Å². The number of aryl methyl sites for hydroxylation is 3. The van der Waals surface area contributed by atoms with E-state index in [4.69, 9.17) is 15.7 Å². The zero-order valence-corrected chi connectivity index (χ0v) is 19.1. The standard InChI is InChI=1S/C28H32N4O/c29-22-13-14-23-21(18-22)12-16-24-27(23)30-25(15-11-19-7-3-1-4-8-19)28(31-24)32-26(33)17-20-9-5-2-6-10-20/h2,5-6,9-10,13-14,18-19H,1,3-4,7-8,11-12,15-17,29H2,(H,31,32,33). The van der Waals surface area contributed by atoms with Crippen LogP contribution in [0.4, 0.5) is 11.5 Å². The lowest BCUT2D eigenvalue weighted by Crippen LogP contribution is -2.20. The first-order valence-electron chi connectivity index (χ1n) is 12.3. The molecule has 5 heteroatoms. The van der Waals surface area contributed by atoms with E-state index in [1.165, 1.54) is 37.7 Å². The van der Waals surface area contributed by atoms with Gasteiger partial charge in [-0.05, 0) is 54.9 Å². The summed E-state index contributed by atoms with van der Waals surface area (Å²) in [6.07, 6.45) is 10.6. The minimum Gasteiger partial charge on any atom is -0.399 e. The van der Waals surface area contributed by atoms with Gasteiger partial charge in [0.1, 0.15) is 0 Å². The molecule has 0 unspecified atom stereocenters. The van der Waals surface area contributed by atoms with Crippen molar-refractivity contribution in [2.45, 2.75) is 64.2 Å². The van der Waals surface area contributed by atoms with Gasteiger partial charge in [0.2, 0.25) is 5.91 Å². The Bertz CT molecular complexity index is 1140. The second kappa shape index (κ2) is 9.74. The lowest BCUT2D eigenvalue weighted by Gasteiger charge is -2.23. The van der Waals surface area contributed by atoms with Crippen molar-refractivity contribution in [1.29, 1.82) is 0 Å². The summed E-state index contributed by atoms with van der Waals surface area (Å²) < 4.78 is 0. The number of carbonyl (C=O) groups excluding carboxylic acids is 1. The van der Waals surface area contributed by atoms with E-state index in [9.17, 15) is 4.79 Å². The smallest absolute Gasteiger partial charge is 0.229 e. The molecule has 2 aliphatic rings. The van der Waals surface area contributed by atoms with Crippen molar-refractivity contribution in [3.63, 3.8) is 0 Å². The second-order valence-electron chi connectivity index (χ2n) is 9.48. The molecule has 1 aromatic heterocycles. The molecule has 1 heterocycles. The summed E-state index contributed by atoms with van der Waals surface area (Å²) in [6, 6.07) is 15.9. The van der Waals surface area contributed by atoms with Crippen molar-refractivity contribution in [2.75, 3.05) is 11.1 Å². The number of nitrogens with zero attached hydrogens (tertiary/aromatic N) is 2. The van der Waals surface area contributed by atoms with Crippen LogP contribution in [0.2, 0.25) is 0 Å². The molecule has 0 spiro atoms. The van der Waals surface area contributed by atoms with Crippen molar-refractivity contribution in [3.05, 3.63) is 71.0 Å². The Morgan fingerprint density at radius 2 is 1.82 bits per heavy atom. The molecule has 1 fully saturated rings. The first kappa shape index (κ1) is 21.6. The van der Waals surface area contributed by atoms with E-state index in [1.54, 1.807) is 0 Å². The largest absolute Gasteiger partial charge is 0.399 e. The molecule has 170 valence electrons. The summed E-state index contributed by atoms with van der Waals surface area (Å²) in [5, 5.41) is 3.10. The number of benzene rings is 2. The van der Waals surface area contributed by atoms with E-state index >= 15 is 0 Å². The highest BCUT2D eigenvalue weighted by Gasteiger charge is 2.23. The number of hydrogen-bond donors (Lipinski definition) is 2. The summed E-state index contributed by atoms with van der Waals surface area (Å²) >= 11 is 0. The van der Waals surface area contributed by atoms with Crippen LogP contribution < -0.4 is 11.1 Å². The van der Waals surface area contributed by atoms with E-state index in [-0.39, 0.29) is 5.91 Å². The third-order valence-corrected chi connectivity index (χ3v) is 7.04. The molecule has 33 heavy (non-hydrogen) atoms. The zero-order valence-electron chi connectivity index (χ0n) is 19.1. The van der Waals surface area contributed by atoms with Crippen LogP contribution in [-0.2, 0) is 30.5 Å². The van der Waals surface area contributed by atoms with Gasteiger partial charge in [0.25, 0.3) is 0 Å². The Morgan fingerprint density at radius 1 is 1.00 bits per heavy atom. The predicted octanol–water partition coefficient (Wildman–Crippen LogP) is 5.52. The van der Waals surface area contributed by atoms with Crippen LogP contribution in [0.15, 0.2) is 48.5 Å². The number of anilines is 2. The molecule has 0 saturated heterocycles. The third-order valence-electron chi connectivity index (χ3n) is 7.04. The fourth-order valence-electron chi connectivity index (χ4n) is 5.25. The fraction of sp³-hybridized carbons (Fsp3) is 0.393. The van der Waals surface area contributed by atoms with Gasteiger partial charge in [-0.25, -0.2) is 9.97 Å². The molecule has 3 N–H and O–H groups in total. The van der Waals surface area contributed by atoms with E-state index in [2.05, 4.69) is 17.4 Å². The summed E-state index contributed by atoms with van der Waals surface area (Å²) in [5.74, 6) is 1.35. The van der Waals surface area contributed by atoms with Gasteiger partial charge >= 0.3 is 0 Å². The van der Waals surface area contributed by atoms with Crippen molar-refractivity contribution < 1.29 is 4.79 Å². The molecule has 1 amide bonds. The van der Waals surface area contributed by atoms with Gasteiger partial charge in [0.15, 0.2) is 5.82 Å². The Hall–Kier alpha value is -3.21. The maximum atomic E-state index is 12.9. The lowest BCUT2D eigenvalue weighted by molar-refractivity contribution is -0.115. The van der Waals surface area contributed by atoms with Gasteiger partial charge < -0.3 is 11.1 Å². The minimum absolute atomic E-state index is 0.0432. The van der Waals surface area contributed by atoms with Gasteiger partial charge in [-0.15, -0.1) is 0 Å². The molecule has 0 bridgehead atoms. The average Bonchev–Trinajstić information content (AvgIpc) is 2.83. The van der Waals surface area contributed by atoms with Crippen molar-refractivity contribution in [2.24, 2.45) is 5.92 Å². The molecule has 0 radical (unpaired) electrons. The van der Waals surface area contributed by atoms with Gasteiger partial charge in [-0.3, -0.25) is 4.79 Å². The van der Waals surface area contributed by atoms with Crippen LogP contribution in [-0.4, -0.2) is 15.9 Å². The van der Waals surface area contributed by atoms with Crippen LogP contribution in [0.25, 0.3) is 11.3 Å². The quantitative estimate of drug-likeness (QED) is 0.495. The minimum atomic E-state index is -0.0432. The van der Waals surface area contributed by atoms with Crippen LogP contribution >= 0.6 is 0 Å². The number of aromatic nitrogens is 2. The Labute approximate surface area is 195 Å². The number of amides is 1. The first-order chi connectivity index (χ1) is 16.2. The summed E-state index contributed by atoms with van der Waals surface area (Å²) in [4.78, 5) is 22.9. The molecule has 2 aromatic carbocycles. The van der Waals surface area contributed by atoms with E-state index < -0.39 is 0 Å². The zero-order chi connectivity index (χ0) is 22.6. The Balaban J connectivity index is 1.43. The molecule has 0 aliphatic heterocycles. The summed E-state index contributed by atoms with van der Waals surface area (Å²) in [7, 11) is 0. The van der Waals surface area contributed by atoms with Gasteiger partial charge in [0, 0.05) is 11.3 Å². The average molecular weight is 441 g/mol. The molecule has 2 aliphatic carbocycles. The molecule has 1 saturated carbocycles. The van der Waals surface area contributed by atoms with Crippen LogP contribution in [0.3, 0.4) is 0 Å². The number of nitrogen functional groups attached to an aromatic ring is 1. The number of rotatable bonds is 6. The highest BCUT2D eigenvalue weighted by Crippen LogP contribution is 2.35. The number of nitrogens with two attached hydrogens (primary N) is 1. The number of nitrogens with one attached hydrogen (secondary N) is 1. The Morgan fingerprint density at radius 3 is 2.64 bits per heavy atom. The van der Waals surface area contributed by atoms with Crippen molar-refractivity contribution in [1.82, 2.24) is 9.97 Å². The SMILES string of the molecule is Nc1ccc2c(c1)CCc1nc(NC(=O)Cc3ccccc3)c(CCC3CCCCC3)nc1-2. The predicted molar refractivity (Wildman–Crippen MR) is 133 cm³/mol. The summed E-state index contributed by atoms with van der Waals surface area (Å²) in [6.45, 7) is 0. The van der Waals surface area contributed by atoms with Crippen molar-refractivity contribution >= 4 is 17.4 Å². The topological polar surface area (TPSA) is 80.9 Å². The lowest BCUT2D eigenvalue weighted by atomic mass is 9.85. The maximum absolute atomic E-state index is 12.9. The monoisotopic (exact) mass is 440 g/mol. The number of hydrogen-bond acceptors (Lipinski definition) is 4. The maximum Gasteiger partial charge on any atom is 0.229 e. The second-order valence-corrected chi connectivity index (χ2v) is 9.48. The number of fused-ring (bicyclic) bond motifs is 3. The molecule has 0 atom stereocenters. The van der Waals surface area contributed by atoms with Gasteiger partial charge in [-0.2, -0.15) is 0 Å². The summed E-state index contributed by atoms with van der Waals surface area (Å²) in [5.41, 5.74) is 13.0. The van der Waals surface area contributed by atoms with Crippen molar-refractivity contribution in [3.8, 4) is 11.3 Å². The van der Waals surface area contributed by atoms with E-state index in [1.807, 2.05) is 36.4 Å². The van der Waals surface area contributed by atoms with Crippen LogP contribution in [0, 0.1) is 5.92 Å². The molecular weight excluding hydrogens is 408 g/mol. The molecule has 5 nitrogen and oxygen atoms in total. The molecule has 5 rings (SSSR count). The molecule has 3 aromatic rings. The highest BCUT2D eigenvalue weighted by molar-refractivity contribution is 5.92. The van der Waals surface area contributed by atoms with Gasteiger partial charge in [-0.1, -0.05) is 68.5 Å². The highest BCUT2D eigenvalue weighted by atomic mass is 16.1. The van der Waals surface area contributed by atoms with E-state index in [0.717, 1.165) is 65.5 Å². The fourth-order valence-corrected chi connectivity index (χ4v) is 5.25. The third kappa shape index (κ3) is 5.08. The normalized spacial score (nSPS) is 15.5. The van der Waals surface area contributed by atoms with E-state index in [0.29, 0.717) is 12.2 Å². The molecular formula is C28H32N4O. The Kier molecular flexibility index (Phi) is 6.38. The number of carbonyl (C=O) groups is 1. The van der Waals surface area contributed by atoms with Gasteiger partial charge in [0.05, 0.1) is 23.5 Å². The first-order valence-corrected chi connectivity index (χ1v) is 12.3. The van der Waals surface area contributed by atoms with Crippen LogP contribution in [0.5, 0.6) is 0 Å².